The van der Waals surface area contributed by atoms with Crippen molar-refractivity contribution in [2.45, 2.75) is 59.6 Å². The molecule has 7 heteroatoms. The van der Waals surface area contributed by atoms with Crippen LogP contribution < -0.4 is 4.90 Å². The molecule has 0 aromatic heterocycles. The molecule has 28 heavy (non-hydrogen) atoms. The van der Waals surface area contributed by atoms with Crippen molar-refractivity contribution >= 4 is 11.8 Å². The molecule has 1 heterocycles. The number of carbonyl (C=O) groups is 1. The lowest BCUT2D eigenvalue weighted by Crippen LogP contribution is -2.68. The number of hydrogen-bond donors (Lipinski definition) is 0. The van der Waals surface area contributed by atoms with Gasteiger partial charge in [-0.2, -0.15) is 9.55 Å². The molecule has 1 aromatic carbocycles. The number of hydrogen-bond acceptors (Lipinski definition) is 5. The zero-order chi connectivity index (χ0) is 21.1. The van der Waals surface area contributed by atoms with E-state index < -0.39 is 22.5 Å². The van der Waals surface area contributed by atoms with E-state index in [1.54, 1.807) is 37.9 Å². The molecule has 0 bridgehead atoms. The molecule has 1 amide bonds. The summed E-state index contributed by atoms with van der Waals surface area (Å²) >= 11 is 0. The van der Waals surface area contributed by atoms with Crippen molar-refractivity contribution in [1.29, 1.82) is 0 Å². The van der Waals surface area contributed by atoms with Crippen LogP contribution in [0.1, 0.15) is 48.0 Å². The Kier molecular flexibility index (Phi) is 7.07. The molecule has 0 radical (unpaired) electrons. The second kappa shape index (κ2) is 8.76. The fourth-order valence-corrected chi connectivity index (χ4v) is 3.63. The number of amides is 1. The second-order valence-electron chi connectivity index (χ2n) is 9.00. The first-order chi connectivity index (χ1) is 12.9. The summed E-state index contributed by atoms with van der Waals surface area (Å²) in [5.74, 6) is 0.0226. The first-order valence-electron chi connectivity index (χ1n) is 10.0. The summed E-state index contributed by atoms with van der Waals surface area (Å²) in [5.41, 5.74) is 0.191. The van der Waals surface area contributed by atoms with Gasteiger partial charge in [0, 0.05) is 25.2 Å². The van der Waals surface area contributed by atoms with Crippen LogP contribution in [-0.4, -0.2) is 53.7 Å². The molecule has 158 valence electrons. The average molecular weight is 396 g/mol. The Hall–Kier alpha value is -1.70. The molecular weight excluding hydrogens is 361 g/mol. The summed E-state index contributed by atoms with van der Waals surface area (Å²) < 4.78 is 17.6. The number of anilines is 1. The number of carbonyl (C=O) groups excluding carboxylic acids is 1. The topological polar surface area (TPSA) is 55.8 Å². The smallest absolute Gasteiger partial charge is 0.537 e. The molecule has 2 atom stereocenters. The molecular formula is C21H34FN3O3. The predicted octanol–water partition coefficient (Wildman–Crippen LogP) is 4.55. The predicted molar refractivity (Wildman–Crippen MR) is 109 cm³/mol. The van der Waals surface area contributed by atoms with Crippen LogP contribution in [0.3, 0.4) is 0 Å². The summed E-state index contributed by atoms with van der Waals surface area (Å²) in [5, 5.41) is 15.5. The summed E-state index contributed by atoms with van der Waals surface area (Å²) in [7, 11) is 0. The van der Waals surface area contributed by atoms with Gasteiger partial charge in [-0.1, -0.05) is 13.8 Å². The number of rotatable bonds is 5. The average Bonchev–Trinajstić information content (AvgIpc) is 2.59. The molecule has 0 N–H and O–H groups in total. The molecule has 1 aliphatic heterocycles. The Morgan fingerprint density at radius 3 is 2.14 bits per heavy atom. The Morgan fingerprint density at radius 1 is 1.14 bits per heavy atom. The Labute approximate surface area is 168 Å². The van der Waals surface area contributed by atoms with Gasteiger partial charge in [0.15, 0.2) is 0 Å². The van der Waals surface area contributed by atoms with Crippen LogP contribution in [0.2, 0.25) is 0 Å². The third-order valence-corrected chi connectivity index (χ3v) is 4.93. The van der Waals surface area contributed by atoms with E-state index in [2.05, 4.69) is 4.90 Å². The van der Waals surface area contributed by atoms with Gasteiger partial charge in [0.2, 0.25) is 0 Å². The quantitative estimate of drug-likeness (QED) is 0.541. The van der Waals surface area contributed by atoms with Crippen molar-refractivity contribution in [1.82, 2.24) is 5.01 Å². The van der Waals surface area contributed by atoms with Crippen molar-refractivity contribution in [3.05, 3.63) is 35.3 Å². The van der Waals surface area contributed by atoms with E-state index in [1.165, 1.54) is 12.1 Å². The third-order valence-electron chi connectivity index (χ3n) is 4.93. The Balaban J connectivity index is 2.17. The molecule has 1 saturated heterocycles. The standard InChI is InChI=1S/C21H34FN3O3/c1-16(2)15-17(3)25(27,20(26)28-21(4,5)6)24-13-11-23(12-14-24)19-9-7-18(22)8-10-19/h7-10,16-17H,11-15H2,1-6H3. The highest BCUT2D eigenvalue weighted by molar-refractivity contribution is 5.60. The van der Waals surface area contributed by atoms with E-state index in [4.69, 9.17) is 4.74 Å². The van der Waals surface area contributed by atoms with E-state index in [9.17, 15) is 14.4 Å². The second-order valence-corrected chi connectivity index (χ2v) is 9.00. The van der Waals surface area contributed by atoms with Gasteiger partial charge in [0.05, 0.1) is 13.1 Å². The largest absolute Gasteiger partial charge is 0.601 e. The molecule has 1 fully saturated rings. The van der Waals surface area contributed by atoms with Crippen LogP contribution >= 0.6 is 0 Å². The van der Waals surface area contributed by atoms with E-state index in [0.29, 0.717) is 38.5 Å². The molecule has 2 unspecified atom stereocenters. The maximum absolute atomic E-state index is 13.9. The zero-order valence-electron chi connectivity index (χ0n) is 17.9. The molecule has 6 nitrogen and oxygen atoms in total. The van der Waals surface area contributed by atoms with Crippen molar-refractivity contribution in [2.75, 3.05) is 31.1 Å². The Bertz CT molecular complexity index is 652. The van der Waals surface area contributed by atoms with E-state index in [1.807, 2.05) is 20.8 Å². The van der Waals surface area contributed by atoms with E-state index in [-0.39, 0.29) is 5.82 Å². The van der Waals surface area contributed by atoms with Crippen molar-refractivity contribution in [2.24, 2.45) is 5.92 Å². The van der Waals surface area contributed by atoms with Crippen LogP contribution in [-0.2, 0) is 4.74 Å². The number of nitrogens with zero attached hydrogens (tertiary/aromatic N) is 3. The lowest BCUT2D eigenvalue weighted by Gasteiger charge is -2.52. The lowest BCUT2D eigenvalue weighted by molar-refractivity contribution is -0.951. The highest BCUT2D eigenvalue weighted by Gasteiger charge is 2.45. The minimum absolute atomic E-state index is 0.273. The zero-order valence-corrected chi connectivity index (χ0v) is 17.9. The monoisotopic (exact) mass is 395 g/mol. The first kappa shape index (κ1) is 22.6. The molecule has 0 aliphatic carbocycles. The number of ether oxygens (including phenoxy) is 1. The molecule has 1 aromatic rings. The van der Waals surface area contributed by atoms with Gasteiger partial charge in [-0.3, -0.25) is 0 Å². The molecule has 2 rings (SSSR count). The van der Waals surface area contributed by atoms with E-state index >= 15 is 0 Å². The fraction of sp³-hybridized carbons (Fsp3) is 0.667. The van der Waals surface area contributed by atoms with Gasteiger partial charge >= 0.3 is 6.09 Å². The number of benzene rings is 1. The van der Waals surface area contributed by atoms with Crippen molar-refractivity contribution in [3.8, 4) is 0 Å². The maximum atomic E-state index is 13.9. The van der Waals surface area contributed by atoms with Crippen LogP contribution in [0.5, 0.6) is 0 Å². The molecule has 1 aliphatic rings. The SMILES string of the molecule is CC(C)CC(C)[N+]([O-])(C(=O)OC(C)(C)C)N1CCN(c2ccc(F)cc2)CC1. The van der Waals surface area contributed by atoms with Gasteiger partial charge in [-0.15, -0.1) is 5.01 Å². The van der Waals surface area contributed by atoms with Gasteiger partial charge in [0.25, 0.3) is 0 Å². The minimum Gasteiger partial charge on any atom is -0.601 e. The highest BCUT2D eigenvalue weighted by atomic mass is 19.1. The van der Waals surface area contributed by atoms with Crippen LogP contribution in [0.4, 0.5) is 14.9 Å². The number of quaternary nitrogens is 1. The fourth-order valence-electron chi connectivity index (χ4n) is 3.63. The summed E-state index contributed by atoms with van der Waals surface area (Å²) in [6.07, 6.45) is -0.128. The van der Waals surface area contributed by atoms with Gasteiger partial charge in [0.1, 0.15) is 17.5 Å². The maximum Gasteiger partial charge on any atom is 0.537 e. The lowest BCUT2D eigenvalue weighted by atomic mass is 10.0. The third kappa shape index (κ3) is 5.43. The highest BCUT2D eigenvalue weighted by Crippen LogP contribution is 2.28. The van der Waals surface area contributed by atoms with Crippen LogP contribution in [0.25, 0.3) is 0 Å². The number of hydroxylamine groups is 2. The number of piperazine rings is 1. The van der Waals surface area contributed by atoms with Gasteiger partial charge in [-0.25, -0.2) is 4.39 Å². The normalized spacial score (nSPS) is 19.4. The van der Waals surface area contributed by atoms with Crippen molar-refractivity contribution < 1.29 is 18.7 Å². The summed E-state index contributed by atoms with van der Waals surface area (Å²) in [6, 6.07) is 5.90. The summed E-state index contributed by atoms with van der Waals surface area (Å²) in [4.78, 5) is 15.0. The van der Waals surface area contributed by atoms with Crippen LogP contribution in [0.15, 0.2) is 24.3 Å². The Morgan fingerprint density at radius 2 is 1.68 bits per heavy atom. The first-order valence-corrected chi connectivity index (χ1v) is 10.0. The molecule has 0 saturated carbocycles. The van der Waals surface area contributed by atoms with Crippen molar-refractivity contribution in [3.63, 3.8) is 0 Å². The van der Waals surface area contributed by atoms with E-state index in [0.717, 1.165) is 5.69 Å². The van der Waals surface area contributed by atoms with Gasteiger partial charge in [-0.05, 0) is 57.9 Å². The molecule has 0 spiro atoms. The van der Waals surface area contributed by atoms with Crippen LogP contribution in [0, 0.1) is 16.9 Å². The number of halogens is 1. The van der Waals surface area contributed by atoms with Gasteiger partial charge < -0.3 is 14.8 Å². The summed E-state index contributed by atoms with van der Waals surface area (Å²) in [6.45, 7) is 13.3. The minimum atomic E-state index is -1.09.